The van der Waals surface area contributed by atoms with E-state index in [4.69, 9.17) is 28.9 Å². The van der Waals surface area contributed by atoms with Crippen LogP contribution in [0.2, 0.25) is 0 Å². The summed E-state index contributed by atoms with van der Waals surface area (Å²) in [6, 6.07) is 113. The normalized spacial score (nSPS) is 12.0. The zero-order valence-electron chi connectivity index (χ0n) is 61.9. The molecule has 16 aromatic carbocycles. The zero-order chi connectivity index (χ0) is 74.7. The third-order valence-corrected chi connectivity index (χ3v) is 23.0. The lowest BCUT2D eigenvalue weighted by Gasteiger charge is -2.20. The van der Waals surface area contributed by atoms with Crippen molar-refractivity contribution in [3.8, 4) is 112 Å². The van der Waals surface area contributed by atoms with Gasteiger partial charge in [-0.05, 0) is 181 Å². The minimum Gasteiger partial charge on any atom is -0.496 e. The number of hydrogen-bond donors (Lipinski definition) is 2. The van der Waals surface area contributed by atoms with E-state index in [2.05, 4.69) is 350 Å². The molecule has 0 saturated heterocycles. The van der Waals surface area contributed by atoms with Crippen LogP contribution < -0.4 is 18.9 Å². The molecular formula is C104H70N4O4. The van der Waals surface area contributed by atoms with Crippen molar-refractivity contribution in [1.82, 2.24) is 19.9 Å². The van der Waals surface area contributed by atoms with E-state index in [-0.39, 0.29) is 0 Å². The maximum absolute atomic E-state index is 6.55. The first-order valence-corrected chi connectivity index (χ1v) is 37.9. The first kappa shape index (κ1) is 65.7. The molecule has 112 heavy (non-hydrogen) atoms. The molecule has 3 aromatic heterocycles. The fraction of sp³-hybridized carbons (Fsp3) is 0.0385. The minimum absolute atomic E-state index is 0.750. The summed E-state index contributed by atoms with van der Waals surface area (Å²) in [6.07, 6.45) is 8.86. The molecule has 0 radical (unpaired) electrons. The van der Waals surface area contributed by atoms with E-state index >= 15 is 0 Å². The van der Waals surface area contributed by atoms with Crippen molar-refractivity contribution >= 4 is 133 Å². The van der Waals surface area contributed by atoms with Gasteiger partial charge in [0.2, 0.25) is 0 Å². The first-order valence-electron chi connectivity index (χ1n) is 37.9. The van der Waals surface area contributed by atoms with Crippen LogP contribution in [0.4, 0.5) is 0 Å². The summed E-state index contributed by atoms with van der Waals surface area (Å²) in [7, 11) is 7.10. The van der Waals surface area contributed by atoms with Crippen molar-refractivity contribution in [3.05, 3.63) is 338 Å². The van der Waals surface area contributed by atoms with Gasteiger partial charge in [0, 0.05) is 88.8 Å². The van der Waals surface area contributed by atoms with Gasteiger partial charge in [-0.1, -0.05) is 267 Å². The average Bonchev–Trinajstić information content (AvgIpc) is 1.13. The molecule has 0 fully saturated rings. The molecule has 2 N–H and O–H groups in total. The second kappa shape index (κ2) is 26.7. The number of nitrogens with zero attached hydrogens (tertiary/aromatic N) is 2. The van der Waals surface area contributed by atoms with E-state index in [1.807, 2.05) is 0 Å². The average molecular weight is 1440 g/mol. The van der Waals surface area contributed by atoms with Crippen LogP contribution in [0.25, 0.3) is 222 Å². The number of aromatic nitrogens is 4. The zero-order valence-corrected chi connectivity index (χ0v) is 61.9. The molecule has 0 amide bonds. The van der Waals surface area contributed by atoms with Crippen LogP contribution in [-0.2, 0) is 0 Å². The fourth-order valence-corrected chi connectivity index (χ4v) is 18.1. The van der Waals surface area contributed by atoms with Gasteiger partial charge in [0.25, 0.3) is 0 Å². The Balaban J connectivity index is 0.985. The highest BCUT2D eigenvalue weighted by atomic mass is 16.5. The Bertz CT molecular complexity index is 6590. The van der Waals surface area contributed by atoms with Crippen LogP contribution in [-0.4, -0.2) is 48.4 Å². The number of H-pyrrole nitrogens is 2. The van der Waals surface area contributed by atoms with E-state index in [1.54, 1.807) is 28.4 Å². The van der Waals surface area contributed by atoms with Crippen molar-refractivity contribution in [2.45, 2.75) is 0 Å². The van der Waals surface area contributed by atoms with Gasteiger partial charge in [-0.3, -0.25) is 0 Å². The molecule has 2 aliphatic rings. The van der Waals surface area contributed by atoms with Crippen molar-refractivity contribution < 1.29 is 18.9 Å². The number of methoxy groups -OCH3 is 4. The molecule has 530 valence electrons. The molecule has 8 heteroatoms. The quantitative estimate of drug-likeness (QED) is 0.127. The van der Waals surface area contributed by atoms with Gasteiger partial charge in [-0.15, -0.1) is 0 Å². The summed E-state index contributed by atoms with van der Waals surface area (Å²) in [5.74, 6) is 3.01. The number of rotatable bonds is 12. The first-order chi connectivity index (χ1) is 55.4. The highest BCUT2D eigenvalue weighted by Crippen LogP contribution is 2.54. The van der Waals surface area contributed by atoms with Gasteiger partial charge in [0.15, 0.2) is 0 Å². The summed E-state index contributed by atoms with van der Waals surface area (Å²) in [5.41, 5.74) is 21.7. The van der Waals surface area contributed by atoms with Crippen molar-refractivity contribution in [3.63, 3.8) is 0 Å². The van der Waals surface area contributed by atoms with Gasteiger partial charge in [-0.2, -0.15) is 0 Å². The van der Waals surface area contributed by atoms with E-state index in [1.165, 1.54) is 0 Å². The number of nitrogens with one attached hydrogen (secondary N) is 2. The molecule has 19 aromatic rings. The van der Waals surface area contributed by atoms with Crippen LogP contribution in [0.15, 0.2) is 315 Å². The van der Waals surface area contributed by atoms with Gasteiger partial charge < -0.3 is 28.9 Å². The SMILES string of the molecule is COc1ccc2ccccc2c1-c1c(-c2c3nc(c(-c4ccc5ccccc5c4-c4c(OC)ccc5ccccc45)c4ccc([nH]4)c(-c4ccc5ccccc5c4-c4c(OC)ccc5ccccc45)c4nc(c(-c5ccc6ccccc6c5-c5c(OC)ccc6ccccc56)c5ccc2[nH]5)C=C4)C=C3)ccc2ccccc12. The molecule has 5 heterocycles. The van der Waals surface area contributed by atoms with E-state index in [0.717, 1.165) is 243 Å². The van der Waals surface area contributed by atoms with Gasteiger partial charge in [0.1, 0.15) is 23.0 Å². The summed E-state index contributed by atoms with van der Waals surface area (Å²) in [6.45, 7) is 0. The minimum atomic E-state index is 0.750. The topological polar surface area (TPSA) is 94.3 Å². The molecule has 0 atom stereocenters. The van der Waals surface area contributed by atoms with E-state index in [9.17, 15) is 0 Å². The number of benzene rings is 16. The molecule has 0 saturated carbocycles. The van der Waals surface area contributed by atoms with Crippen LogP contribution in [0, 0.1) is 0 Å². The van der Waals surface area contributed by atoms with Crippen molar-refractivity contribution in [2.24, 2.45) is 0 Å². The highest BCUT2D eigenvalue weighted by Gasteiger charge is 2.30. The Morgan fingerprint density at radius 1 is 0.179 bits per heavy atom. The molecule has 0 unspecified atom stereocenters. The van der Waals surface area contributed by atoms with Crippen LogP contribution in [0.1, 0.15) is 22.8 Å². The molecule has 0 aliphatic carbocycles. The molecule has 2 aliphatic heterocycles. The lowest BCUT2D eigenvalue weighted by atomic mass is 9.86. The van der Waals surface area contributed by atoms with Crippen molar-refractivity contribution in [2.75, 3.05) is 28.4 Å². The Kier molecular flexibility index (Phi) is 15.6. The fourth-order valence-electron chi connectivity index (χ4n) is 18.1. The second-order valence-electron chi connectivity index (χ2n) is 28.8. The monoisotopic (exact) mass is 1440 g/mol. The van der Waals surface area contributed by atoms with Gasteiger partial charge in [0.05, 0.1) is 51.2 Å². The summed E-state index contributed by atoms with van der Waals surface area (Å²) in [5, 5.41) is 17.2. The molecule has 21 rings (SSSR count). The Morgan fingerprint density at radius 2 is 0.357 bits per heavy atom. The number of hydrogen-bond acceptors (Lipinski definition) is 6. The van der Waals surface area contributed by atoms with E-state index < -0.39 is 0 Å². The smallest absolute Gasteiger partial charge is 0.127 e. The van der Waals surface area contributed by atoms with Crippen LogP contribution >= 0.6 is 0 Å². The largest absolute Gasteiger partial charge is 0.496 e. The Hall–Kier alpha value is -14.6. The lowest BCUT2D eigenvalue weighted by Crippen LogP contribution is -1.97. The Morgan fingerprint density at radius 3 is 0.554 bits per heavy atom. The van der Waals surface area contributed by atoms with Crippen molar-refractivity contribution in [1.29, 1.82) is 0 Å². The maximum Gasteiger partial charge on any atom is 0.127 e. The summed E-state index contributed by atoms with van der Waals surface area (Å²) < 4.78 is 26.2. The summed E-state index contributed by atoms with van der Waals surface area (Å²) >= 11 is 0. The lowest BCUT2D eigenvalue weighted by molar-refractivity contribution is 0.417. The maximum atomic E-state index is 6.55. The molecule has 8 bridgehead atoms. The predicted molar refractivity (Wildman–Crippen MR) is 469 cm³/mol. The van der Waals surface area contributed by atoms with Gasteiger partial charge in [-0.25, -0.2) is 9.97 Å². The Labute approximate surface area is 646 Å². The van der Waals surface area contributed by atoms with E-state index in [0.29, 0.717) is 0 Å². The number of ether oxygens (including phenoxy) is 4. The van der Waals surface area contributed by atoms with Crippen LogP contribution in [0.5, 0.6) is 23.0 Å². The standard InChI is InChI=1S/C104H70N4O4/c1-109-89-57-41-65-25-9-17-33-73(65)101(89)93-69-29-13-5-21-61(69)37-45-77(93)97-81-49-51-83(105-81)98(78-46-38-62-22-6-14-30-70(62)94(78)102-74-34-18-10-26-66(74)42-58-90(102)110-2)85-53-55-87(107-85)100(80-48-40-64-24-8-16-32-72(64)96(80)104-76-36-20-12-28-68(76)44-60-92(104)112-4)88-56-54-86(108-88)99(84-52-50-82(97)106-84)79-47-39-63-23-7-15-31-71(63)95(79)103-75-35-19-11-27-67(75)43-59-91(103)111-3/h5-60,105,108H,1-4H3. The highest BCUT2D eigenvalue weighted by molar-refractivity contribution is 6.20. The molecule has 8 nitrogen and oxygen atoms in total. The molecular weight excluding hydrogens is 1370 g/mol. The number of aromatic amines is 2. The predicted octanol–water partition coefficient (Wildman–Crippen LogP) is 27.3. The van der Waals surface area contributed by atoms with Gasteiger partial charge >= 0.3 is 0 Å². The molecule has 0 spiro atoms. The second-order valence-corrected chi connectivity index (χ2v) is 28.8. The third kappa shape index (κ3) is 10.4. The number of fused-ring (bicyclic) bond motifs is 16. The third-order valence-electron chi connectivity index (χ3n) is 23.0. The van der Waals surface area contributed by atoms with Crippen LogP contribution in [0.3, 0.4) is 0 Å². The summed E-state index contributed by atoms with van der Waals surface area (Å²) in [4.78, 5) is 20.9.